The van der Waals surface area contributed by atoms with Crippen LogP contribution in [-0.4, -0.2) is 96.7 Å². The molecule has 19 heteroatoms. The van der Waals surface area contributed by atoms with Gasteiger partial charge in [0.05, 0.1) is 26.4 Å². The second-order valence-electron chi connectivity index (χ2n) is 22.9. The summed E-state index contributed by atoms with van der Waals surface area (Å²) in [6.07, 6.45) is 38.9. The Balaban J connectivity index is 5.23. The Morgan fingerprint density at radius 2 is 0.568 bits per heavy atom. The fourth-order valence-corrected chi connectivity index (χ4v) is 10.8. The predicted octanol–water partition coefficient (Wildman–Crippen LogP) is 17.0. The zero-order chi connectivity index (χ0) is 59.9. The van der Waals surface area contributed by atoms with Crippen molar-refractivity contribution in [1.82, 2.24) is 0 Å². The largest absolute Gasteiger partial charge is 0.472 e. The maximum Gasteiger partial charge on any atom is 0.472 e. The second-order valence-corrected chi connectivity index (χ2v) is 25.8. The summed E-state index contributed by atoms with van der Waals surface area (Å²) in [7, 11) is -9.88. The van der Waals surface area contributed by atoms with E-state index in [1.54, 1.807) is 0 Å². The van der Waals surface area contributed by atoms with E-state index in [4.69, 9.17) is 37.0 Å². The monoisotopic (exact) mass is 1200 g/mol. The van der Waals surface area contributed by atoms with Gasteiger partial charge >= 0.3 is 39.5 Å². The van der Waals surface area contributed by atoms with Crippen LogP contribution >= 0.6 is 15.6 Å². The lowest BCUT2D eigenvalue weighted by Gasteiger charge is -2.21. The molecule has 0 amide bonds. The van der Waals surface area contributed by atoms with Crippen molar-refractivity contribution in [2.45, 2.75) is 329 Å². The van der Waals surface area contributed by atoms with E-state index in [2.05, 4.69) is 34.6 Å². The molecule has 0 aromatic rings. The van der Waals surface area contributed by atoms with Crippen molar-refractivity contribution >= 4 is 39.5 Å². The van der Waals surface area contributed by atoms with Gasteiger partial charge in [-0.1, -0.05) is 259 Å². The van der Waals surface area contributed by atoms with E-state index in [-0.39, 0.29) is 25.7 Å². The molecule has 0 heterocycles. The van der Waals surface area contributed by atoms with Crippen molar-refractivity contribution < 1.29 is 80.2 Å². The first kappa shape index (κ1) is 79.1. The van der Waals surface area contributed by atoms with Crippen molar-refractivity contribution in [2.24, 2.45) is 5.92 Å². The van der Waals surface area contributed by atoms with Crippen LogP contribution in [0.15, 0.2) is 0 Å². The van der Waals surface area contributed by atoms with Gasteiger partial charge in [-0.2, -0.15) is 0 Å². The van der Waals surface area contributed by atoms with Crippen LogP contribution < -0.4 is 0 Å². The molecule has 2 unspecified atom stereocenters. The third kappa shape index (κ3) is 56.9. The van der Waals surface area contributed by atoms with Crippen molar-refractivity contribution in [2.75, 3.05) is 39.6 Å². The minimum absolute atomic E-state index is 0.105. The Kier molecular flexibility index (Phi) is 54.6. The van der Waals surface area contributed by atoms with E-state index in [1.807, 2.05) is 0 Å². The molecule has 17 nitrogen and oxygen atoms in total. The first-order valence-corrected chi connectivity index (χ1v) is 35.6. The summed E-state index contributed by atoms with van der Waals surface area (Å²) >= 11 is 0. The topological polar surface area (TPSA) is 237 Å². The summed E-state index contributed by atoms with van der Waals surface area (Å²) < 4.78 is 67.9. The molecule has 3 N–H and O–H groups in total. The Morgan fingerprint density at radius 3 is 0.840 bits per heavy atom. The van der Waals surface area contributed by atoms with E-state index >= 15 is 0 Å². The molecule has 0 rings (SSSR count). The normalized spacial score (nSPS) is 14.3. The predicted molar refractivity (Wildman–Crippen MR) is 322 cm³/mol. The van der Waals surface area contributed by atoms with Gasteiger partial charge in [0.2, 0.25) is 0 Å². The molecule has 0 bridgehead atoms. The van der Waals surface area contributed by atoms with Gasteiger partial charge in [0.15, 0.2) is 12.2 Å². The quantitative estimate of drug-likeness (QED) is 0.0222. The number of ether oxygens (including phenoxy) is 4. The van der Waals surface area contributed by atoms with Crippen LogP contribution in [0.5, 0.6) is 0 Å². The number of hydrogen-bond donors (Lipinski definition) is 3. The summed E-state index contributed by atoms with van der Waals surface area (Å²) in [5, 5.41) is 10.5. The summed E-state index contributed by atoms with van der Waals surface area (Å²) in [5.41, 5.74) is 0. The molecule has 0 saturated carbocycles. The number of carbonyl (C=O) groups is 4. The highest BCUT2D eigenvalue weighted by molar-refractivity contribution is 7.47. The molecule has 0 aliphatic heterocycles. The van der Waals surface area contributed by atoms with Crippen LogP contribution in [0, 0.1) is 5.92 Å². The highest BCUT2D eigenvalue weighted by Gasteiger charge is 2.30. The van der Waals surface area contributed by atoms with E-state index in [1.165, 1.54) is 128 Å². The van der Waals surface area contributed by atoms with Gasteiger partial charge in [-0.25, -0.2) is 9.13 Å². The summed E-state index contributed by atoms with van der Waals surface area (Å²) in [6, 6.07) is 0. The molecule has 5 atom stereocenters. The Bertz CT molecular complexity index is 1580. The van der Waals surface area contributed by atoms with Gasteiger partial charge in [0.25, 0.3) is 0 Å². The molecule has 480 valence electrons. The zero-order valence-electron chi connectivity index (χ0n) is 51.9. The number of unbranched alkanes of at least 4 members (excludes halogenated alkanes) is 34. The average molecular weight is 1200 g/mol. The summed E-state index contributed by atoms with van der Waals surface area (Å²) in [6.45, 7) is 7.08. The Labute approximate surface area is 492 Å². The van der Waals surface area contributed by atoms with E-state index < -0.39 is 97.5 Å². The molecule has 0 radical (unpaired) electrons. The molecule has 0 aromatic carbocycles. The number of rotatable bonds is 62. The first-order valence-electron chi connectivity index (χ1n) is 32.6. The van der Waals surface area contributed by atoms with Crippen LogP contribution in [0.4, 0.5) is 0 Å². The average Bonchev–Trinajstić information content (AvgIpc) is 3.43. The molecule has 0 spiro atoms. The van der Waals surface area contributed by atoms with Crippen LogP contribution in [0.1, 0.15) is 311 Å². The lowest BCUT2D eigenvalue weighted by atomic mass is 10.0. The molecule has 0 aliphatic carbocycles. The zero-order valence-corrected chi connectivity index (χ0v) is 53.7. The third-order valence-electron chi connectivity index (χ3n) is 14.3. The third-order valence-corrected chi connectivity index (χ3v) is 16.2. The number of aliphatic hydroxyl groups excluding tert-OH is 1. The number of esters is 4. The van der Waals surface area contributed by atoms with Crippen LogP contribution in [0.3, 0.4) is 0 Å². The van der Waals surface area contributed by atoms with Gasteiger partial charge in [0.1, 0.15) is 19.3 Å². The highest BCUT2D eigenvalue weighted by atomic mass is 31.2. The summed E-state index contributed by atoms with van der Waals surface area (Å²) in [4.78, 5) is 72.0. The van der Waals surface area contributed by atoms with Gasteiger partial charge in [0, 0.05) is 25.7 Å². The number of phosphoric acid groups is 2. The van der Waals surface area contributed by atoms with Crippen molar-refractivity contribution in [1.29, 1.82) is 0 Å². The maximum absolute atomic E-state index is 12.9. The van der Waals surface area contributed by atoms with Gasteiger partial charge in [-0.15, -0.1) is 0 Å². The number of phosphoric ester groups is 2. The molecule has 81 heavy (non-hydrogen) atoms. The SMILES string of the molecule is CCCCCCCCCCCCCC(=O)OC[C@H](COP(=O)(O)OC[C@@H](O)COP(=O)(O)OC[C@@H](COC(=O)CCCCCCCCC(C)C)OC(=O)CCCCCCCCCCCC)OC(=O)CCCCCCCCCCCCC. The van der Waals surface area contributed by atoms with Crippen LogP contribution in [-0.2, 0) is 65.4 Å². The Hall–Kier alpha value is -1.94. The fraction of sp³-hybridized carbons (Fsp3) is 0.935. The summed E-state index contributed by atoms with van der Waals surface area (Å²) in [5.74, 6) is -1.46. The molecule has 0 fully saturated rings. The first-order chi connectivity index (χ1) is 39.0. The molecular weight excluding hydrogens is 1080 g/mol. The smallest absolute Gasteiger partial charge is 0.462 e. The van der Waals surface area contributed by atoms with E-state index in [0.717, 1.165) is 96.3 Å². The van der Waals surface area contributed by atoms with E-state index in [9.17, 15) is 43.2 Å². The lowest BCUT2D eigenvalue weighted by molar-refractivity contribution is -0.161. The van der Waals surface area contributed by atoms with Crippen molar-refractivity contribution in [3.8, 4) is 0 Å². The van der Waals surface area contributed by atoms with Gasteiger partial charge in [-0.3, -0.25) is 37.3 Å². The fourth-order valence-electron chi connectivity index (χ4n) is 9.23. The number of carbonyl (C=O) groups excluding carboxylic acids is 4. The van der Waals surface area contributed by atoms with Crippen molar-refractivity contribution in [3.63, 3.8) is 0 Å². The molecule has 0 aliphatic rings. The van der Waals surface area contributed by atoms with Crippen molar-refractivity contribution in [3.05, 3.63) is 0 Å². The maximum atomic E-state index is 12.9. The molecule has 0 saturated heterocycles. The standard InChI is InChI=1S/C62H120O17P2/c1-6-9-12-15-18-21-24-27-29-35-40-45-59(64)72-51-57(78-62(67)48-43-38-31-28-25-22-19-16-13-10-7-2)53-76-80(68,69)74-49-56(63)50-75-81(70,71)77-54-58(52-73-60(65)46-41-36-33-32-34-39-44-55(4)5)79-61(66)47-42-37-30-26-23-20-17-14-11-8-3/h55-58,63H,6-54H2,1-5H3,(H,68,69)(H,70,71)/t56-,57-,58-/m1/s1. The van der Waals surface area contributed by atoms with Crippen LogP contribution in [0.25, 0.3) is 0 Å². The van der Waals surface area contributed by atoms with Crippen LogP contribution in [0.2, 0.25) is 0 Å². The van der Waals surface area contributed by atoms with Gasteiger partial charge in [-0.05, 0) is 31.6 Å². The van der Waals surface area contributed by atoms with E-state index in [0.29, 0.717) is 31.6 Å². The second kappa shape index (κ2) is 55.9. The number of aliphatic hydroxyl groups is 1. The highest BCUT2D eigenvalue weighted by Crippen LogP contribution is 2.45. The molecule has 0 aromatic heterocycles. The minimum atomic E-state index is -4.94. The Morgan fingerprint density at radius 1 is 0.333 bits per heavy atom. The minimum Gasteiger partial charge on any atom is -0.462 e. The lowest BCUT2D eigenvalue weighted by Crippen LogP contribution is -2.30. The van der Waals surface area contributed by atoms with Gasteiger partial charge < -0.3 is 33.8 Å². The molecular formula is C62H120O17P2. The number of hydrogen-bond acceptors (Lipinski definition) is 15.